The summed E-state index contributed by atoms with van der Waals surface area (Å²) < 4.78 is 6.32. The van der Waals surface area contributed by atoms with Crippen LogP contribution in [0.2, 0.25) is 0 Å². The van der Waals surface area contributed by atoms with Gasteiger partial charge in [-0.3, -0.25) is 19.3 Å². The first-order valence-corrected chi connectivity index (χ1v) is 9.24. The molecule has 3 rings (SSSR count). The van der Waals surface area contributed by atoms with Crippen molar-refractivity contribution in [2.75, 3.05) is 16.8 Å². The van der Waals surface area contributed by atoms with Crippen molar-refractivity contribution in [2.45, 2.75) is 26.8 Å². The maximum Gasteiger partial charge on any atom is 0.265 e. The van der Waals surface area contributed by atoms with Crippen molar-refractivity contribution < 1.29 is 19.1 Å². The summed E-state index contributed by atoms with van der Waals surface area (Å²) in [6, 6.07) is 9.59. The Balaban J connectivity index is 1.89. The maximum atomic E-state index is 12.8. The summed E-state index contributed by atoms with van der Waals surface area (Å²) in [5.41, 5.74) is 2.55. The lowest BCUT2D eigenvalue weighted by Crippen LogP contribution is -2.49. The van der Waals surface area contributed by atoms with Crippen LogP contribution < -0.4 is 15.0 Å². The maximum absolute atomic E-state index is 12.8. The average molecular weight is 431 g/mol. The monoisotopic (exact) mass is 430 g/mol. The van der Waals surface area contributed by atoms with Gasteiger partial charge in [0.2, 0.25) is 5.91 Å². The molecule has 2 aromatic rings. The van der Waals surface area contributed by atoms with Gasteiger partial charge in [0.25, 0.3) is 5.91 Å². The van der Waals surface area contributed by atoms with Crippen LogP contribution in [0.25, 0.3) is 0 Å². The highest BCUT2D eigenvalue weighted by Crippen LogP contribution is 2.34. The lowest BCUT2D eigenvalue weighted by molar-refractivity contribution is -0.125. The quantitative estimate of drug-likeness (QED) is 0.749. The Hall–Kier alpha value is -2.67. The molecule has 27 heavy (non-hydrogen) atoms. The molecule has 1 atom stereocenters. The number of halogens is 1. The van der Waals surface area contributed by atoms with Crippen molar-refractivity contribution >= 4 is 44.9 Å². The molecule has 1 unspecified atom stereocenters. The first-order valence-electron chi connectivity index (χ1n) is 8.45. The third-order valence-electron chi connectivity index (χ3n) is 4.45. The highest BCUT2D eigenvalue weighted by Gasteiger charge is 2.33. The molecule has 1 heterocycles. The molecule has 0 saturated carbocycles. The summed E-state index contributed by atoms with van der Waals surface area (Å²) in [4.78, 5) is 38.3. The van der Waals surface area contributed by atoms with Gasteiger partial charge in [0.1, 0.15) is 11.8 Å². The van der Waals surface area contributed by atoms with Gasteiger partial charge in [-0.15, -0.1) is 0 Å². The van der Waals surface area contributed by atoms with Crippen LogP contribution in [-0.2, 0) is 9.59 Å². The van der Waals surface area contributed by atoms with E-state index in [4.69, 9.17) is 4.74 Å². The zero-order valence-corrected chi connectivity index (χ0v) is 16.8. The molecule has 0 spiro atoms. The Morgan fingerprint density at radius 3 is 2.63 bits per heavy atom. The highest BCUT2D eigenvalue weighted by atomic mass is 79.9. The van der Waals surface area contributed by atoms with Gasteiger partial charge in [-0.1, -0.05) is 22.0 Å². The lowest BCUT2D eigenvalue weighted by Gasteiger charge is -2.33. The van der Waals surface area contributed by atoms with Crippen molar-refractivity contribution in [2.24, 2.45) is 0 Å². The standard InChI is InChI=1S/C20H19BrN2O4/c1-11-4-6-15(9-16(11)21)22-20(26)12(2)23-17-8-14(13(3)24)5-7-18(17)27-10-19(23)25/h4-9,12H,10H2,1-3H3,(H,22,26). The Bertz CT molecular complexity index is 942. The lowest BCUT2D eigenvalue weighted by atomic mass is 10.1. The molecule has 0 aliphatic carbocycles. The van der Waals surface area contributed by atoms with Gasteiger partial charge in [0.05, 0.1) is 5.69 Å². The van der Waals surface area contributed by atoms with E-state index in [1.807, 2.05) is 19.1 Å². The minimum atomic E-state index is -0.776. The summed E-state index contributed by atoms with van der Waals surface area (Å²) >= 11 is 3.44. The molecule has 0 fully saturated rings. The molecule has 0 saturated heterocycles. The fraction of sp³-hybridized carbons (Fsp3) is 0.250. The number of aryl methyl sites for hydroxylation is 1. The number of nitrogens with zero attached hydrogens (tertiary/aromatic N) is 1. The minimum Gasteiger partial charge on any atom is -0.482 e. The predicted molar refractivity (Wildman–Crippen MR) is 106 cm³/mol. The number of ether oxygens (including phenoxy) is 1. The fourth-order valence-corrected chi connectivity index (χ4v) is 3.23. The largest absolute Gasteiger partial charge is 0.482 e. The van der Waals surface area contributed by atoms with Crippen molar-refractivity contribution in [3.63, 3.8) is 0 Å². The van der Waals surface area contributed by atoms with E-state index in [0.717, 1.165) is 10.0 Å². The van der Waals surface area contributed by atoms with Gasteiger partial charge in [0, 0.05) is 15.7 Å². The molecule has 0 radical (unpaired) electrons. The zero-order chi connectivity index (χ0) is 19.7. The van der Waals surface area contributed by atoms with E-state index in [-0.39, 0.29) is 24.2 Å². The van der Waals surface area contributed by atoms with Crippen molar-refractivity contribution in [1.29, 1.82) is 0 Å². The van der Waals surface area contributed by atoms with E-state index in [9.17, 15) is 14.4 Å². The van der Waals surface area contributed by atoms with Gasteiger partial charge in [0.15, 0.2) is 12.4 Å². The van der Waals surface area contributed by atoms with E-state index in [1.54, 1.807) is 31.2 Å². The predicted octanol–water partition coefficient (Wildman–Crippen LogP) is 3.71. The highest BCUT2D eigenvalue weighted by molar-refractivity contribution is 9.10. The van der Waals surface area contributed by atoms with Crippen LogP contribution in [0, 0.1) is 6.92 Å². The van der Waals surface area contributed by atoms with Gasteiger partial charge >= 0.3 is 0 Å². The van der Waals surface area contributed by atoms with Crippen LogP contribution >= 0.6 is 15.9 Å². The number of carbonyl (C=O) groups is 3. The number of benzene rings is 2. The number of fused-ring (bicyclic) bond motifs is 1. The van der Waals surface area contributed by atoms with Gasteiger partial charge < -0.3 is 10.1 Å². The van der Waals surface area contributed by atoms with Crippen molar-refractivity contribution in [1.82, 2.24) is 0 Å². The van der Waals surface area contributed by atoms with Crippen LogP contribution in [0.5, 0.6) is 5.75 Å². The van der Waals surface area contributed by atoms with Gasteiger partial charge in [-0.25, -0.2) is 0 Å². The van der Waals surface area contributed by atoms with Crippen LogP contribution in [0.4, 0.5) is 11.4 Å². The second-order valence-corrected chi connectivity index (χ2v) is 7.27. The molecule has 6 nitrogen and oxygen atoms in total. The van der Waals surface area contributed by atoms with Crippen molar-refractivity contribution in [3.8, 4) is 5.75 Å². The average Bonchev–Trinajstić information content (AvgIpc) is 2.63. The second kappa shape index (κ2) is 7.52. The fourth-order valence-electron chi connectivity index (χ4n) is 2.85. The topological polar surface area (TPSA) is 75.7 Å². The van der Waals surface area contributed by atoms with E-state index in [2.05, 4.69) is 21.2 Å². The molecular formula is C20H19BrN2O4. The molecule has 2 amide bonds. The second-order valence-electron chi connectivity index (χ2n) is 6.42. The number of hydrogen-bond donors (Lipinski definition) is 1. The third kappa shape index (κ3) is 3.88. The summed E-state index contributed by atoms with van der Waals surface area (Å²) in [5, 5.41) is 2.83. The molecule has 0 bridgehead atoms. The molecule has 1 N–H and O–H groups in total. The van der Waals surface area contributed by atoms with E-state index in [0.29, 0.717) is 22.7 Å². The molecule has 0 aromatic heterocycles. The Morgan fingerprint density at radius 2 is 1.96 bits per heavy atom. The summed E-state index contributed by atoms with van der Waals surface area (Å²) in [6.07, 6.45) is 0. The summed E-state index contributed by atoms with van der Waals surface area (Å²) in [7, 11) is 0. The number of nitrogens with one attached hydrogen (secondary N) is 1. The number of anilines is 2. The number of ketones is 1. The summed E-state index contributed by atoms with van der Waals surface area (Å²) in [6.45, 7) is 4.89. The Morgan fingerprint density at radius 1 is 1.22 bits per heavy atom. The first kappa shape index (κ1) is 19.1. The first-order chi connectivity index (χ1) is 12.8. The molecule has 2 aromatic carbocycles. The molecule has 140 valence electrons. The number of carbonyl (C=O) groups excluding carboxylic acids is 3. The van der Waals surface area contributed by atoms with Gasteiger partial charge in [-0.2, -0.15) is 0 Å². The van der Waals surface area contributed by atoms with Crippen LogP contribution in [0.3, 0.4) is 0 Å². The Labute approximate surface area is 165 Å². The van der Waals surface area contributed by atoms with E-state index >= 15 is 0 Å². The van der Waals surface area contributed by atoms with E-state index in [1.165, 1.54) is 11.8 Å². The normalized spacial score (nSPS) is 14.2. The van der Waals surface area contributed by atoms with Crippen molar-refractivity contribution in [3.05, 3.63) is 52.0 Å². The molecule has 7 heteroatoms. The van der Waals surface area contributed by atoms with E-state index < -0.39 is 6.04 Å². The van der Waals surface area contributed by atoms with Crippen LogP contribution in [0.15, 0.2) is 40.9 Å². The SMILES string of the molecule is CC(=O)c1ccc2c(c1)N(C(C)C(=O)Nc1ccc(C)c(Br)c1)C(=O)CO2. The number of Topliss-reactive ketones (excluding diaryl/α,β-unsaturated/α-hetero) is 1. The smallest absolute Gasteiger partial charge is 0.265 e. The minimum absolute atomic E-state index is 0.127. The number of amides is 2. The third-order valence-corrected chi connectivity index (χ3v) is 5.31. The zero-order valence-electron chi connectivity index (χ0n) is 15.2. The van der Waals surface area contributed by atoms with Crippen LogP contribution in [-0.4, -0.2) is 30.2 Å². The molecule has 1 aliphatic heterocycles. The van der Waals surface area contributed by atoms with Gasteiger partial charge in [-0.05, 0) is 56.7 Å². The van der Waals surface area contributed by atoms with Crippen LogP contribution in [0.1, 0.15) is 29.8 Å². The summed E-state index contributed by atoms with van der Waals surface area (Å²) in [5.74, 6) is -0.328. The Kier molecular flexibility index (Phi) is 5.32. The molecular weight excluding hydrogens is 412 g/mol. The number of rotatable bonds is 4. The molecule has 1 aliphatic rings. The number of hydrogen-bond acceptors (Lipinski definition) is 4.